The van der Waals surface area contributed by atoms with E-state index in [0.29, 0.717) is 11.1 Å². The average molecular weight is 475 g/mol. The number of carbonyl (C=O) groups excluding carboxylic acids is 1. The van der Waals surface area contributed by atoms with Crippen molar-refractivity contribution in [2.75, 3.05) is 26.2 Å². The second kappa shape index (κ2) is 9.57. The van der Waals surface area contributed by atoms with Crippen molar-refractivity contribution in [3.05, 3.63) is 33.6 Å². The van der Waals surface area contributed by atoms with E-state index in [9.17, 15) is 18.0 Å². The number of carboxylic acids is 1. The minimum atomic E-state index is -5.08. The van der Waals surface area contributed by atoms with Crippen LogP contribution in [0.2, 0.25) is 0 Å². The lowest BCUT2D eigenvalue weighted by atomic mass is 9.77. The Morgan fingerprint density at radius 1 is 1.22 bits per heavy atom. The van der Waals surface area contributed by atoms with E-state index in [1.165, 1.54) is 16.9 Å². The van der Waals surface area contributed by atoms with E-state index in [-0.39, 0.29) is 5.91 Å². The number of amides is 1. The van der Waals surface area contributed by atoms with Crippen molar-refractivity contribution in [1.29, 1.82) is 0 Å². The molecule has 1 spiro atoms. The number of carboxylic acid groups (broad SMARTS) is 1. The van der Waals surface area contributed by atoms with Gasteiger partial charge < -0.3 is 14.5 Å². The van der Waals surface area contributed by atoms with Gasteiger partial charge in [-0.15, -0.1) is 11.3 Å². The van der Waals surface area contributed by atoms with Crippen LogP contribution < -0.4 is 0 Å². The molecular formula is C20H25F3N4O4S. The quantitative estimate of drug-likeness (QED) is 0.727. The number of piperidine rings is 1. The van der Waals surface area contributed by atoms with E-state index in [0.717, 1.165) is 63.4 Å². The highest BCUT2D eigenvalue weighted by atomic mass is 32.1. The van der Waals surface area contributed by atoms with Crippen LogP contribution in [0.3, 0.4) is 0 Å². The zero-order valence-corrected chi connectivity index (χ0v) is 18.6. The lowest BCUT2D eigenvalue weighted by Gasteiger charge is -2.39. The number of aryl methyl sites for hydroxylation is 2. The number of thiazole rings is 1. The molecule has 0 radical (unpaired) electrons. The van der Waals surface area contributed by atoms with Gasteiger partial charge >= 0.3 is 12.1 Å². The third kappa shape index (κ3) is 5.66. The first-order chi connectivity index (χ1) is 15.0. The largest absolute Gasteiger partial charge is 0.490 e. The summed E-state index contributed by atoms with van der Waals surface area (Å²) in [7, 11) is 0. The first-order valence-electron chi connectivity index (χ1n) is 10.1. The maximum atomic E-state index is 12.5. The summed E-state index contributed by atoms with van der Waals surface area (Å²) in [5.74, 6) is -1.73. The van der Waals surface area contributed by atoms with Crippen molar-refractivity contribution in [3.63, 3.8) is 0 Å². The van der Waals surface area contributed by atoms with E-state index < -0.39 is 12.1 Å². The van der Waals surface area contributed by atoms with Crippen LogP contribution in [0, 0.1) is 19.3 Å². The number of alkyl halides is 3. The summed E-state index contributed by atoms with van der Waals surface area (Å²) in [6, 6.07) is 0. The van der Waals surface area contributed by atoms with Crippen molar-refractivity contribution in [3.8, 4) is 0 Å². The number of aromatic nitrogens is 2. The van der Waals surface area contributed by atoms with Crippen molar-refractivity contribution in [2.24, 2.45) is 5.41 Å². The monoisotopic (exact) mass is 474 g/mol. The molecule has 32 heavy (non-hydrogen) atoms. The molecule has 4 heterocycles. The van der Waals surface area contributed by atoms with Gasteiger partial charge in [0.2, 0.25) is 0 Å². The van der Waals surface area contributed by atoms with Crippen molar-refractivity contribution in [2.45, 2.75) is 45.8 Å². The summed E-state index contributed by atoms with van der Waals surface area (Å²) in [6.07, 6.45) is -1.67. The molecule has 0 atom stereocenters. The van der Waals surface area contributed by atoms with Gasteiger partial charge in [0.1, 0.15) is 11.5 Å². The number of likely N-dealkylation sites (tertiary alicyclic amines) is 2. The van der Waals surface area contributed by atoms with Gasteiger partial charge in [-0.05, 0) is 51.6 Å². The number of hydrogen-bond donors (Lipinski definition) is 1. The lowest BCUT2D eigenvalue weighted by Crippen LogP contribution is -2.42. The van der Waals surface area contributed by atoms with Crippen LogP contribution in [-0.4, -0.2) is 69.3 Å². The predicted molar refractivity (Wildman–Crippen MR) is 109 cm³/mol. The molecule has 2 aliphatic rings. The molecule has 1 amide bonds. The highest BCUT2D eigenvalue weighted by Crippen LogP contribution is 2.41. The third-order valence-corrected chi connectivity index (χ3v) is 6.69. The number of nitrogens with zero attached hydrogens (tertiary/aromatic N) is 4. The average Bonchev–Trinajstić information content (AvgIpc) is 3.47. The van der Waals surface area contributed by atoms with Gasteiger partial charge in [0.15, 0.2) is 0 Å². The van der Waals surface area contributed by atoms with Gasteiger partial charge in [-0.1, -0.05) is 5.16 Å². The van der Waals surface area contributed by atoms with Crippen molar-refractivity contribution < 1.29 is 32.4 Å². The molecule has 0 saturated carbocycles. The molecule has 2 aromatic rings. The summed E-state index contributed by atoms with van der Waals surface area (Å²) in [5.41, 5.74) is 4.84. The molecule has 12 heteroatoms. The fraction of sp³-hybridized carbons (Fsp3) is 0.600. The number of carbonyl (C=O) groups is 2. The van der Waals surface area contributed by atoms with E-state index >= 15 is 0 Å². The second-order valence-electron chi connectivity index (χ2n) is 8.23. The van der Waals surface area contributed by atoms with E-state index in [4.69, 9.17) is 14.4 Å². The van der Waals surface area contributed by atoms with Gasteiger partial charge in [-0.25, -0.2) is 9.78 Å². The Labute approximate surface area is 187 Å². The molecular weight excluding hydrogens is 449 g/mol. The van der Waals surface area contributed by atoms with Crippen LogP contribution in [0.5, 0.6) is 0 Å². The SMILES string of the molecule is Cc1noc(C)c1CN1CCC2(CC1)CCN(C(=O)c1cscn1)C2.O=C(O)C(F)(F)F. The zero-order chi connectivity index (χ0) is 23.5. The molecule has 1 N–H and O–H groups in total. The number of rotatable bonds is 3. The minimum absolute atomic E-state index is 0.0938. The molecule has 0 aromatic carbocycles. The normalized spacial score (nSPS) is 18.5. The van der Waals surface area contributed by atoms with E-state index in [2.05, 4.69) is 15.0 Å². The maximum absolute atomic E-state index is 12.5. The Morgan fingerprint density at radius 2 is 1.84 bits per heavy atom. The van der Waals surface area contributed by atoms with Crippen LogP contribution in [0.4, 0.5) is 13.2 Å². The Balaban J connectivity index is 0.000000360. The van der Waals surface area contributed by atoms with E-state index in [1.54, 1.807) is 5.51 Å². The van der Waals surface area contributed by atoms with Crippen LogP contribution in [0.25, 0.3) is 0 Å². The summed E-state index contributed by atoms with van der Waals surface area (Å²) in [6.45, 7) is 8.79. The first-order valence-corrected chi connectivity index (χ1v) is 11.1. The number of halogens is 3. The molecule has 2 fully saturated rings. The zero-order valence-electron chi connectivity index (χ0n) is 17.8. The van der Waals surface area contributed by atoms with E-state index in [1.807, 2.05) is 24.1 Å². The third-order valence-electron chi connectivity index (χ3n) is 6.10. The highest BCUT2D eigenvalue weighted by molar-refractivity contribution is 7.07. The lowest BCUT2D eigenvalue weighted by molar-refractivity contribution is -0.192. The fourth-order valence-electron chi connectivity index (χ4n) is 4.13. The smallest absolute Gasteiger partial charge is 0.475 e. The van der Waals surface area contributed by atoms with Crippen LogP contribution in [0.15, 0.2) is 15.4 Å². The van der Waals surface area contributed by atoms with Crippen LogP contribution >= 0.6 is 11.3 Å². The summed E-state index contributed by atoms with van der Waals surface area (Å²) < 4.78 is 37.0. The fourth-order valence-corrected chi connectivity index (χ4v) is 4.66. The topological polar surface area (TPSA) is 99.8 Å². The number of aliphatic carboxylic acids is 1. The Kier molecular flexibility index (Phi) is 7.23. The standard InChI is InChI=1S/C18H24N4O2S.C2HF3O2/c1-13-15(14(2)24-20-13)9-21-6-3-18(4-7-21)5-8-22(11-18)17(23)16-10-25-12-19-16;3-2(4,5)1(6)7/h10,12H,3-9,11H2,1-2H3;(H,6,7). The molecule has 4 rings (SSSR count). The molecule has 2 aliphatic heterocycles. The highest BCUT2D eigenvalue weighted by Gasteiger charge is 2.42. The van der Waals surface area contributed by atoms with Crippen molar-refractivity contribution >= 4 is 23.2 Å². The summed E-state index contributed by atoms with van der Waals surface area (Å²) in [5, 5.41) is 13.0. The van der Waals surface area contributed by atoms with Crippen LogP contribution in [0.1, 0.15) is 46.8 Å². The minimum Gasteiger partial charge on any atom is -0.475 e. The van der Waals surface area contributed by atoms with Gasteiger partial charge in [0, 0.05) is 30.6 Å². The molecule has 2 saturated heterocycles. The molecule has 0 aliphatic carbocycles. The van der Waals surface area contributed by atoms with Gasteiger partial charge in [0.25, 0.3) is 5.91 Å². The molecule has 0 unspecified atom stereocenters. The number of hydrogen-bond acceptors (Lipinski definition) is 7. The van der Waals surface area contributed by atoms with Crippen molar-refractivity contribution in [1.82, 2.24) is 19.9 Å². The maximum Gasteiger partial charge on any atom is 0.490 e. The van der Waals surface area contributed by atoms with Crippen LogP contribution in [-0.2, 0) is 11.3 Å². The van der Waals surface area contributed by atoms with Gasteiger partial charge in [-0.3, -0.25) is 9.69 Å². The predicted octanol–water partition coefficient (Wildman–Crippen LogP) is 3.51. The second-order valence-corrected chi connectivity index (χ2v) is 8.95. The molecule has 2 aromatic heterocycles. The van der Waals surface area contributed by atoms with Gasteiger partial charge in [-0.2, -0.15) is 13.2 Å². The summed E-state index contributed by atoms with van der Waals surface area (Å²) in [4.78, 5) is 30.1. The molecule has 8 nitrogen and oxygen atoms in total. The van der Waals surface area contributed by atoms with Gasteiger partial charge in [0.05, 0.1) is 11.2 Å². The first kappa shape index (κ1) is 24.2. The Morgan fingerprint density at radius 3 is 2.34 bits per heavy atom. The molecule has 0 bridgehead atoms. The Hall–Kier alpha value is -2.47. The Bertz CT molecular complexity index is 918. The summed E-state index contributed by atoms with van der Waals surface area (Å²) >= 11 is 1.48. The molecule has 176 valence electrons.